The second-order valence-corrected chi connectivity index (χ2v) is 8.09. The van der Waals surface area contributed by atoms with E-state index in [-0.39, 0.29) is 10.6 Å². The van der Waals surface area contributed by atoms with Crippen LogP contribution in [0.25, 0.3) is 0 Å². The average molecular weight is 583 g/mol. The highest BCUT2D eigenvalue weighted by molar-refractivity contribution is 14.1. The summed E-state index contributed by atoms with van der Waals surface area (Å²) in [6.45, 7) is 0. The molecule has 1 unspecified atom stereocenters. The highest BCUT2D eigenvalue weighted by atomic mass is 127. The van der Waals surface area contributed by atoms with E-state index >= 15 is 0 Å². The summed E-state index contributed by atoms with van der Waals surface area (Å²) in [5.74, 6) is -0.302. The molecule has 6 heteroatoms. The molecule has 0 amide bonds. The van der Waals surface area contributed by atoms with E-state index in [9.17, 15) is 4.39 Å². The summed E-state index contributed by atoms with van der Waals surface area (Å²) >= 11 is 18.5. The van der Waals surface area contributed by atoms with E-state index < -0.39 is 0 Å². The Bertz CT molecular complexity index is 634. The van der Waals surface area contributed by atoms with Gasteiger partial charge in [-0.05, 0) is 74.4 Å². The Labute approximate surface area is 154 Å². The second kappa shape index (κ2) is 6.73. The maximum absolute atomic E-state index is 14.1. The van der Waals surface area contributed by atoms with Gasteiger partial charge >= 0.3 is 0 Å². The highest BCUT2D eigenvalue weighted by Crippen LogP contribution is 2.39. The maximum atomic E-state index is 14.1. The molecule has 0 radical (unpaired) electrons. The molecule has 2 aromatic carbocycles. The zero-order chi connectivity index (χ0) is 14.2. The monoisotopic (exact) mass is 580 g/mol. The number of benzene rings is 2. The van der Waals surface area contributed by atoms with E-state index in [1.807, 2.05) is 18.2 Å². The van der Waals surface area contributed by atoms with Gasteiger partial charge < -0.3 is 0 Å². The molecule has 0 aliphatic heterocycles. The molecule has 0 heterocycles. The first-order chi connectivity index (χ1) is 8.90. The average Bonchev–Trinajstić information content (AvgIpc) is 2.36. The minimum absolute atomic E-state index is 0.262. The fraction of sp³-hybridized carbons (Fsp3) is 0.0769. The highest BCUT2D eigenvalue weighted by Gasteiger charge is 2.19. The molecule has 1 atom stereocenters. The van der Waals surface area contributed by atoms with Crippen LogP contribution in [0.2, 0.25) is 5.02 Å². The number of hydrogen-bond acceptors (Lipinski definition) is 0. The molecule has 0 bridgehead atoms. The zero-order valence-corrected chi connectivity index (χ0v) is 16.9. The van der Waals surface area contributed by atoms with Gasteiger partial charge in [-0.25, -0.2) is 4.39 Å². The van der Waals surface area contributed by atoms with Crippen molar-refractivity contribution < 1.29 is 4.39 Å². The first-order valence-electron chi connectivity index (χ1n) is 5.13. The summed E-state index contributed by atoms with van der Waals surface area (Å²) in [6, 6.07) is 8.95. The summed E-state index contributed by atoms with van der Waals surface area (Å²) in [6.07, 6.45) is 0. The van der Waals surface area contributed by atoms with E-state index in [1.54, 1.807) is 6.07 Å². The lowest BCUT2D eigenvalue weighted by atomic mass is 10.0. The van der Waals surface area contributed by atoms with Crippen LogP contribution in [0, 0.1) is 9.39 Å². The lowest BCUT2D eigenvalue weighted by Crippen LogP contribution is -1.99. The molecule has 19 heavy (non-hydrogen) atoms. The van der Waals surface area contributed by atoms with Crippen molar-refractivity contribution in [2.45, 2.75) is 4.83 Å². The Kier molecular flexibility index (Phi) is 5.74. The van der Waals surface area contributed by atoms with E-state index in [2.05, 4.69) is 70.4 Å². The van der Waals surface area contributed by atoms with Crippen LogP contribution < -0.4 is 0 Å². The molecule has 0 nitrogen and oxygen atoms in total. The molecule has 0 fully saturated rings. The maximum Gasteiger partial charge on any atom is 0.129 e. The van der Waals surface area contributed by atoms with Gasteiger partial charge in [0.2, 0.25) is 0 Å². The van der Waals surface area contributed by atoms with Crippen LogP contribution in [0.15, 0.2) is 39.3 Å². The molecule has 100 valence electrons. The molecule has 0 saturated carbocycles. The molecular formula is C13H6Br3ClFI. The van der Waals surface area contributed by atoms with Crippen molar-refractivity contribution in [3.63, 3.8) is 0 Å². The minimum atomic E-state index is -0.302. The van der Waals surface area contributed by atoms with E-state index in [4.69, 9.17) is 11.6 Å². The molecule has 0 N–H and O–H groups in total. The predicted molar refractivity (Wildman–Crippen MR) is 96.7 cm³/mol. The summed E-state index contributed by atoms with van der Waals surface area (Å²) < 4.78 is 16.6. The van der Waals surface area contributed by atoms with Crippen molar-refractivity contribution in [2.75, 3.05) is 0 Å². The van der Waals surface area contributed by atoms with Crippen LogP contribution in [0.4, 0.5) is 4.39 Å². The molecule has 0 aliphatic rings. The van der Waals surface area contributed by atoms with Gasteiger partial charge in [0.05, 0.1) is 9.85 Å². The normalized spacial score (nSPS) is 12.5. The fourth-order valence-corrected chi connectivity index (χ4v) is 4.12. The Hall–Kier alpha value is 0.830. The summed E-state index contributed by atoms with van der Waals surface area (Å²) in [5.41, 5.74) is 1.47. The van der Waals surface area contributed by atoms with Gasteiger partial charge in [-0.15, -0.1) is 0 Å². The van der Waals surface area contributed by atoms with Crippen molar-refractivity contribution in [1.82, 2.24) is 0 Å². The van der Waals surface area contributed by atoms with E-state index in [1.165, 1.54) is 6.07 Å². The number of hydrogen-bond donors (Lipinski definition) is 0. The van der Waals surface area contributed by atoms with E-state index in [0.29, 0.717) is 15.1 Å². The lowest BCUT2D eigenvalue weighted by molar-refractivity contribution is 0.612. The van der Waals surface area contributed by atoms with Gasteiger partial charge in [-0.2, -0.15) is 0 Å². The largest absolute Gasteiger partial charge is 0.207 e. The van der Waals surface area contributed by atoms with Gasteiger partial charge in [0.1, 0.15) is 5.82 Å². The summed E-state index contributed by atoms with van der Waals surface area (Å²) in [4.78, 5) is -0.262. The zero-order valence-electron chi connectivity index (χ0n) is 9.23. The van der Waals surface area contributed by atoms with Crippen molar-refractivity contribution >= 4 is 82.0 Å². The Morgan fingerprint density at radius 2 is 1.74 bits per heavy atom. The second-order valence-electron chi connectivity index (χ2n) is 3.82. The predicted octanol–water partition coefficient (Wildman–Crippen LogP) is 7.09. The molecule has 0 aromatic heterocycles. The molecule has 2 rings (SSSR count). The quantitative estimate of drug-likeness (QED) is 0.201. The van der Waals surface area contributed by atoms with Crippen molar-refractivity contribution in [2.24, 2.45) is 0 Å². The smallest absolute Gasteiger partial charge is 0.129 e. The van der Waals surface area contributed by atoms with E-state index in [0.717, 1.165) is 13.6 Å². The first kappa shape index (κ1) is 16.2. The Morgan fingerprint density at radius 1 is 1.05 bits per heavy atom. The molecular weight excluding hydrogens is 577 g/mol. The standard InChI is InChI=1S/C13H6Br3ClFI/c14-9-2-1-6(19)3-7(9)13(16)8-4-11(17)10(15)5-12(8)18/h1-5,13H. The van der Waals surface area contributed by atoms with Crippen LogP contribution >= 0.6 is 82.0 Å². The first-order valence-corrected chi connectivity index (χ1v) is 9.09. The third-order valence-electron chi connectivity index (χ3n) is 2.54. The molecule has 0 saturated heterocycles. The van der Waals surface area contributed by atoms with Crippen molar-refractivity contribution in [3.8, 4) is 0 Å². The van der Waals surface area contributed by atoms with Crippen molar-refractivity contribution in [3.05, 3.63) is 64.8 Å². The van der Waals surface area contributed by atoms with Crippen LogP contribution in [-0.4, -0.2) is 0 Å². The summed E-state index contributed by atoms with van der Waals surface area (Å²) in [5, 5.41) is 0.489. The number of alkyl halides is 1. The van der Waals surface area contributed by atoms with Crippen LogP contribution in [-0.2, 0) is 0 Å². The van der Waals surface area contributed by atoms with Gasteiger partial charge in [-0.3, -0.25) is 0 Å². The number of halogens is 6. The molecule has 2 aromatic rings. The Balaban J connectivity index is 2.52. The third kappa shape index (κ3) is 3.73. The van der Waals surface area contributed by atoms with Crippen LogP contribution in [0.3, 0.4) is 0 Å². The topological polar surface area (TPSA) is 0 Å². The van der Waals surface area contributed by atoms with Crippen LogP contribution in [0.1, 0.15) is 16.0 Å². The lowest BCUT2D eigenvalue weighted by Gasteiger charge is -2.15. The SMILES string of the molecule is Fc1cc(Br)c(Cl)cc1C(Br)c1cc(I)ccc1Br. The number of rotatable bonds is 2. The van der Waals surface area contributed by atoms with Gasteiger partial charge in [0.15, 0.2) is 0 Å². The Morgan fingerprint density at radius 3 is 2.42 bits per heavy atom. The van der Waals surface area contributed by atoms with Gasteiger partial charge in [-0.1, -0.05) is 43.5 Å². The van der Waals surface area contributed by atoms with Crippen LogP contribution in [0.5, 0.6) is 0 Å². The third-order valence-corrected chi connectivity index (χ3v) is 6.12. The molecule has 0 aliphatic carbocycles. The minimum Gasteiger partial charge on any atom is -0.207 e. The molecule has 0 spiro atoms. The van der Waals surface area contributed by atoms with Gasteiger partial charge in [0, 0.05) is 18.1 Å². The van der Waals surface area contributed by atoms with Crippen molar-refractivity contribution in [1.29, 1.82) is 0 Å². The summed E-state index contributed by atoms with van der Waals surface area (Å²) in [7, 11) is 0. The fourth-order valence-electron chi connectivity index (χ4n) is 1.61. The van der Waals surface area contributed by atoms with Gasteiger partial charge in [0.25, 0.3) is 0 Å².